The van der Waals surface area contributed by atoms with Gasteiger partial charge in [-0.2, -0.15) is 0 Å². The van der Waals surface area contributed by atoms with Crippen LogP contribution in [0.5, 0.6) is 0 Å². The number of amides is 1. The summed E-state index contributed by atoms with van der Waals surface area (Å²) in [6, 6.07) is 7.74. The summed E-state index contributed by atoms with van der Waals surface area (Å²) in [5, 5.41) is 9.19. The molecule has 1 aliphatic heterocycles. The standard InChI is InChI=1S/C14H16BrNO2/c15-13-6-2-1-4-11(13)7-8-14(18)16-9-3-5-12(16)10-17/h1-2,4,6-8,12,17H,3,5,9-10H2. The van der Waals surface area contributed by atoms with E-state index < -0.39 is 0 Å². The third-order valence-electron chi connectivity index (χ3n) is 3.18. The molecule has 1 aromatic carbocycles. The van der Waals surface area contributed by atoms with Gasteiger partial charge in [0.15, 0.2) is 0 Å². The SMILES string of the molecule is O=C(C=Cc1ccccc1Br)N1CCCC1CO. The van der Waals surface area contributed by atoms with E-state index in [2.05, 4.69) is 15.9 Å². The van der Waals surface area contributed by atoms with E-state index in [0.29, 0.717) is 0 Å². The molecule has 1 N–H and O–H groups in total. The summed E-state index contributed by atoms with van der Waals surface area (Å²) in [5.41, 5.74) is 0.977. The Kier molecular flexibility index (Phi) is 4.55. The van der Waals surface area contributed by atoms with Crippen LogP contribution in [0.1, 0.15) is 18.4 Å². The number of benzene rings is 1. The lowest BCUT2D eigenvalue weighted by Crippen LogP contribution is -2.36. The van der Waals surface area contributed by atoms with Crippen LogP contribution in [0.25, 0.3) is 6.08 Å². The highest BCUT2D eigenvalue weighted by Gasteiger charge is 2.26. The third kappa shape index (κ3) is 3.00. The first-order valence-corrected chi connectivity index (χ1v) is 6.85. The number of nitrogens with zero attached hydrogens (tertiary/aromatic N) is 1. The van der Waals surface area contributed by atoms with E-state index in [1.54, 1.807) is 17.1 Å². The Morgan fingerprint density at radius 3 is 3.00 bits per heavy atom. The van der Waals surface area contributed by atoms with E-state index in [1.165, 1.54) is 0 Å². The average Bonchev–Trinajstić information content (AvgIpc) is 2.86. The summed E-state index contributed by atoms with van der Waals surface area (Å²) < 4.78 is 0.967. The van der Waals surface area contributed by atoms with Crippen LogP contribution in [0.4, 0.5) is 0 Å². The number of hydrogen-bond donors (Lipinski definition) is 1. The molecule has 0 radical (unpaired) electrons. The second-order valence-electron chi connectivity index (χ2n) is 4.37. The smallest absolute Gasteiger partial charge is 0.246 e. The molecule has 0 spiro atoms. The molecule has 0 aliphatic carbocycles. The van der Waals surface area contributed by atoms with Crippen LogP contribution in [0.2, 0.25) is 0 Å². The monoisotopic (exact) mass is 309 g/mol. The van der Waals surface area contributed by atoms with Gasteiger partial charge in [-0.15, -0.1) is 0 Å². The molecule has 1 aliphatic rings. The first-order chi connectivity index (χ1) is 8.72. The molecule has 0 bridgehead atoms. The van der Waals surface area contributed by atoms with Gasteiger partial charge in [0.25, 0.3) is 0 Å². The fourth-order valence-electron chi connectivity index (χ4n) is 2.18. The highest BCUT2D eigenvalue weighted by atomic mass is 79.9. The van der Waals surface area contributed by atoms with Crippen molar-refractivity contribution in [1.82, 2.24) is 4.90 Å². The van der Waals surface area contributed by atoms with Gasteiger partial charge in [0.2, 0.25) is 5.91 Å². The van der Waals surface area contributed by atoms with E-state index in [9.17, 15) is 9.90 Å². The molecular weight excluding hydrogens is 294 g/mol. The van der Waals surface area contributed by atoms with Crippen molar-refractivity contribution < 1.29 is 9.90 Å². The van der Waals surface area contributed by atoms with Crippen molar-refractivity contribution in [2.75, 3.05) is 13.2 Å². The summed E-state index contributed by atoms with van der Waals surface area (Å²) >= 11 is 3.44. The zero-order valence-corrected chi connectivity index (χ0v) is 11.6. The van der Waals surface area contributed by atoms with Crippen molar-refractivity contribution in [3.05, 3.63) is 40.4 Å². The molecule has 1 heterocycles. The molecule has 0 aromatic heterocycles. The van der Waals surface area contributed by atoms with Crippen LogP contribution in [0, 0.1) is 0 Å². The van der Waals surface area contributed by atoms with Crippen LogP contribution < -0.4 is 0 Å². The summed E-state index contributed by atoms with van der Waals surface area (Å²) in [6.45, 7) is 0.791. The van der Waals surface area contributed by atoms with E-state index in [-0.39, 0.29) is 18.6 Å². The minimum absolute atomic E-state index is 0.0126. The molecule has 1 fully saturated rings. The van der Waals surface area contributed by atoms with Gasteiger partial charge in [-0.1, -0.05) is 34.1 Å². The van der Waals surface area contributed by atoms with Crippen molar-refractivity contribution in [2.45, 2.75) is 18.9 Å². The van der Waals surface area contributed by atoms with Gasteiger partial charge in [-0.25, -0.2) is 0 Å². The molecule has 1 aromatic rings. The third-order valence-corrected chi connectivity index (χ3v) is 3.90. The maximum atomic E-state index is 12.0. The molecule has 1 atom stereocenters. The normalized spacial score (nSPS) is 19.7. The number of likely N-dealkylation sites (tertiary alicyclic amines) is 1. The molecule has 4 heteroatoms. The lowest BCUT2D eigenvalue weighted by molar-refractivity contribution is -0.127. The molecule has 0 saturated carbocycles. The molecule has 1 saturated heterocycles. The Morgan fingerprint density at radius 1 is 1.50 bits per heavy atom. The Bertz CT molecular complexity index is 459. The molecule has 1 amide bonds. The summed E-state index contributed by atoms with van der Waals surface area (Å²) in [7, 11) is 0. The Morgan fingerprint density at radius 2 is 2.28 bits per heavy atom. The zero-order chi connectivity index (χ0) is 13.0. The van der Waals surface area contributed by atoms with E-state index in [0.717, 1.165) is 29.4 Å². The van der Waals surface area contributed by atoms with E-state index in [1.807, 2.05) is 24.3 Å². The van der Waals surface area contributed by atoms with Gasteiger partial charge in [0.1, 0.15) is 0 Å². The topological polar surface area (TPSA) is 40.5 Å². The van der Waals surface area contributed by atoms with Crippen molar-refractivity contribution in [3.8, 4) is 0 Å². The number of hydrogen-bond acceptors (Lipinski definition) is 2. The predicted molar refractivity (Wildman–Crippen MR) is 75.0 cm³/mol. The zero-order valence-electron chi connectivity index (χ0n) is 10.1. The highest BCUT2D eigenvalue weighted by Crippen LogP contribution is 2.19. The average molecular weight is 310 g/mol. The Balaban J connectivity index is 2.05. The lowest BCUT2D eigenvalue weighted by atomic mass is 10.2. The maximum absolute atomic E-state index is 12.0. The fourth-order valence-corrected chi connectivity index (χ4v) is 2.60. The molecule has 18 heavy (non-hydrogen) atoms. The molecular formula is C14H16BrNO2. The van der Waals surface area contributed by atoms with Crippen LogP contribution >= 0.6 is 15.9 Å². The number of rotatable bonds is 3. The number of halogens is 1. The van der Waals surface area contributed by atoms with Crippen LogP contribution in [0.3, 0.4) is 0 Å². The van der Waals surface area contributed by atoms with Gasteiger partial charge >= 0.3 is 0 Å². The van der Waals surface area contributed by atoms with Crippen molar-refractivity contribution in [3.63, 3.8) is 0 Å². The number of aliphatic hydroxyl groups excluding tert-OH is 1. The fraction of sp³-hybridized carbons (Fsp3) is 0.357. The minimum Gasteiger partial charge on any atom is -0.394 e. The quantitative estimate of drug-likeness (QED) is 0.871. The number of aliphatic hydroxyl groups is 1. The lowest BCUT2D eigenvalue weighted by Gasteiger charge is -2.21. The van der Waals surface area contributed by atoms with Crippen LogP contribution in [-0.2, 0) is 4.79 Å². The summed E-state index contributed by atoms with van der Waals surface area (Å²) in [5.74, 6) is -0.0256. The van der Waals surface area contributed by atoms with Crippen LogP contribution in [-0.4, -0.2) is 35.1 Å². The summed E-state index contributed by atoms with van der Waals surface area (Å²) in [6.07, 6.45) is 5.25. The Hall–Kier alpha value is -1.13. The van der Waals surface area contributed by atoms with Gasteiger partial charge in [0, 0.05) is 17.1 Å². The van der Waals surface area contributed by atoms with E-state index in [4.69, 9.17) is 0 Å². The highest BCUT2D eigenvalue weighted by molar-refractivity contribution is 9.10. The maximum Gasteiger partial charge on any atom is 0.246 e. The Labute approximate surface area is 115 Å². The van der Waals surface area contributed by atoms with Gasteiger partial charge in [-0.05, 0) is 30.5 Å². The van der Waals surface area contributed by atoms with Gasteiger partial charge < -0.3 is 10.0 Å². The predicted octanol–water partition coefficient (Wildman–Crippen LogP) is 2.45. The second kappa shape index (κ2) is 6.16. The van der Waals surface area contributed by atoms with Crippen molar-refractivity contribution in [2.24, 2.45) is 0 Å². The largest absolute Gasteiger partial charge is 0.394 e. The molecule has 96 valence electrons. The number of carbonyl (C=O) groups is 1. The van der Waals surface area contributed by atoms with Gasteiger partial charge in [0.05, 0.1) is 12.6 Å². The van der Waals surface area contributed by atoms with Gasteiger partial charge in [-0.3, -0.25) is 4.79 Å². The second-order valence-corrected chi connectivity index (χ2v) is 5.22. The molecule has 1 unspecified atom stereocenters. The van der Waals surface area contributed by atoms with Crippen molar-refractivity contribution in [1.29, 1.82) is 0 Å². The first kappa shape index (κ1) is 13.3. The minimum atomic E-state index is -0.0256. The summed E-state index contributed by atoms with van der Waals surface area (Å²) in [4.78, 5) is 13.8. The molecule has 2 rings (SSSR count). The van der Waals surface area contributed by atoms with Crippen molar-refractivity contribution >= 4 is 27.9 Å². The van der Waals surface area contributed by atoms with Crippen LogP contribution in [0.15, 0.2) is 34.8 Å². The van der Waals surface area contributed by atoms with E-state index >= 15 is 0 Å². The molecule has 3 nitrogen and oxygen atoms in total. The number of carbonyl (C=O) groups excluding carboxylic acids is 1. The first-order valence-electron chi connectivity index (χ1n) is 6.06.